The molecule has 1 aromatic rings. The zero-order valence-electron chi connectivity index (χ0n) is 12.2. The molecule has 3 rings (SSSR count). The monoisotopic (exact) mass is 307 g/mol. The summed E-state index contributed by atoms with van der Waals surface area (Å²) < 4.78 is 6.98. The van der Waals surface area contributed by atoms with Crippen molar-refractivity contribution in [3.05, 3.63) is 34.2 Å². The minimum absolute atomic E-state index is 0.122. The third-order valence-corrected chi connectivity index (χ3v) is 4.75. The number of nitrogens with one attached hydrogen (secondary N) is 1. The summed E-state index contributed by atoms with van der Waals surface area (Å²) in [6, 6.07) is 5.59. The van der Waals surface area contributed by atoms with Gasteiger partial charge in [-0.15, -0.1) is 0 Å². The zero-order valence-corrected chi connectivity index (χ0v) is 13.1. The molecule has 2 aliphatic heterocycles. The highest BCUT2D eigenvalue weighted by atomic mass is 32.1. The molecule has 0 radical (unpaired) electrons. The van der Waals surface area contributed by atoms with Crippen LogP contribution in [0, 0.1) is 5.92 Å². The molecule has 0 aliphatic carbocycles. The highest BCUT2D eigenvalue weighted by Gasteiger charge is 2.35. The number of aromatic nitrogens is 1. The summed E-state index contributed by atoms with van der Waals surface area (Å²) in [5, 5.41) is 4.04. The van der Waals surface area contributed by atoms with Crippen LogP contribution < -0.4 is 10.9 Å². The minimum Gasteiger partial charge on any atom is -0.383 e. The molecule has 1 saturated heterocycles. The first-order chi connectivity index (χ1) is 10.2. The molecule has 0 aromatic carbocycles. The number of thiocarbonyl (C=S) groups is 1. The van der Waals surface area contributed by atoms with Gasteiger partial charge < -0.3 is 19.5 Å². The van der Waals surface area contributed by atoms with Crippen LogP contribution in [0.2, 0.25) is 0 Å². The van der Waals surface area contributed by atoms with Crippen LogP contribution in [0.25, 0.3) is 0 Å². The number of nitrogens with zero attached hydrogens (tertiary/aromatic N) is 2. The molecule has 3 heterocycles. The second kappa shape index (κ2) is 6.15. The van der Waals surface area contributed by atoms with E-state index in [1.54, 1.807) is 13.2 Å². The lowest BCUT2D eigenvalue weighted by atomic mass is 9.83. The summed E-state index contributed by atoms with van der Waals surface area (Å²) in [6.45, 7) is 4.01. The van der Waals surface area contributed by atoms with Gasteiger partial charge in [0.1, 0.15) is 0 Å². The maximum Gasteiger partial charge on any atom is 0.250 e. The molecular weight excluding hydrogens is 286 g/mol. The van der Waals surface area contributed by atoms with Crippen LogP contribution >= 0.6 is 12.2 Å². The first-order valence-corrected chi connectivity index (χ1v) is 7.81. The Hall–Kier alpha value is -1.40. The van der Waals surface area contributed by atoms with Crippen LogP contribution in [-0.4, -0.2) is 47.9 Å². The van der Waals surface area contributed by atoms with E-state index >= 15 is 0 Å². The van der Waals surface area contributed by atoms with Crippen LogP contribution in [-0.2, 0) is 11.3 Å². The van der Waals surface area contributed by atoms with Gasteiger partial charge in [-0.25, -0.2) is 0 Å². The largest absolute Gasteiger partial charge is 0.383 e. The zero-order chi connectivity index (χ0) is 14.8. The van der Waals surface area contributed by atoms with Gasteiger partial charge in [-0.2, -0.15) is 0 Å². The number of pyridine rings is 1. The van der Waals surface area contributed by atoms with Crippen molar-refractivity contribution < 1.29 is 4.74 Å². The molecule has 0 amide bonds. The number of hydrogen-bond acceptors (Lipinski definition) is 3. The first-order valence-electron chi connectivity index (χ1n) is 7.40. The fourth-order valence-corrected chi connectivity index (χ4v) is 3.69. The average molecular weight is 307 g/mol. The van der Waals surface area contributed by atoms with Crippen molar-refractivity contribution in [3.8, 4) is 0 Å². The Kier molecular flexibility index (Phi) is 4.26. The number of methoxy groups -OCH3 is 1. The van der Waals surface area contributed by atoms with E-state index < -0.39 is 0 Å². The van der Waals surface area contributed by atoms with Crippen molar-refractivity contribution in [3.63, 3.8) is 0 Å². The van der Waals surface area contributed by atoms with Gasteiger partial charge in [0, 0.05) is 51.0 Å². The standard InChI is InChI=1S/C15H21N3O2S/c1-20-6-5-16-15(21)17-8-11-7-12(10-17)13-3-2-4-14(19)18(13)9-11/h2-4,11-12H,5-10H2,1H3,(H,16,21)/t11-,12-/m1/s1. The average Bonchev–Trinajstić information content (AvgIpc) is 2.48. The summed E-state index contributed by atoms with van der Waals surface area (Å²) in [6.07, 6.45) is 1.15. The van der Waals surface area contributed by atoms with Crippen LogP contribution in [0.15, 0.2) is 23.0 Å². The molecule has 1 N–H and O–H groups in total. The van der Waals surface area contributed by atoms with Gasteiger partial charge in [0.2, 0.25) is 0 Å². The van der Waals surface area contributed by atoms with Gasteiger partial charge in [-0.3, -0.25) is 4.79 Å². The van der Waals surface area contributed by atoms with Crippen molar-refractivity contribution in [1.82, 2.24) is 14.8 Å². The van der Waals surface area contributed by atoms with Gasteiger partial charge in [0.05, 0.1) is 6.61 Å². The van der Waals surface area contributed by atoms with Gasteiger partial charge >= 0.3 is 0 Å². The second-order valence-corrected chi connectivity index (χ2v) is 6.21. The van der Waals surface area contributed by atoms with Crippen LogP contribution in [0.5, 0.6) is 0 Å². The lowest BCUT2D eigenvalue weighted by Gasteiger charge is -2.43. The van der Waals surface area contributed by atoms with Crippen molar-refractivity contribution in [1.29, 1.82) is 0 Å². The summed E-state index contributed by atoms with van der Waals surface area (Å²) in [5.74, 6) is 0.895. The lowest BCUT2D eigenvalue weighted by molar-refractivity contribution is 0.174. The lowest BCUT2D eigenvalue weighted by Crippen LogP contribution is -2.52. The molecule has 2 aliphatic rings. The van der Waals surface area contributed by atoms with Crippen LogP contribution in [0.1, 0.15) is 18.0 Å². The van der Waals surface area contributed by atoms with E-state index in [4.69, 9.17) is 17.0 Å². The number of fused-ring (bicyclic) bond motifs is 4. The Bertz CT molecular complexity index is 587. The number of rotatable bonds is 3. The van der Waals surface area contributed by atoms with Gasteiger partial charge in [0.15, 0.2) is 5.11 Å². The Morgan fingerprint density at radius 3 is 3.10 bits per heavy atom. The molecule has 0 saturated carbocycles. The Balaban J connectivity index is 1.73. The predicted molar refractivity (Wildman–Crippen MR) is 85.6 cm³/mol. The SMILES string of the molecule is COCCNC(=S)N1C[C@H]2C[C@H](C1)c1cccc(=O)n1C2. The Morgan fingerprint density at radius 1 is 1.43 bits per heavy atom. The molecule has 1 aromatic heterocycles. The van der Waals surface area contributed by atoms with E-state index in [9.17, 15) is 4.79 Å². The summed E-state index contributed by atoms with van der Waals surface area (Å²) in [7, 11) is 1.69. The van der Waals surface area contributed by atoms with Crippen molar-refractivity contribution in [2.45, 2.75) is 18.9 Å². The van der Waals surface area contributed by atoms with Crippen molar-refractivity contribution in [2.24, 2.45) is 5.92 Å². The third kappa shape index (κ3) is 2.96. The highest BCUT2D eigenvalue weighted by molar-refractivity contribution is 7.80. The molecular formula is C15H21N3O2S. The smallest absolute Gasteiger partial charge is 0.250 e. The second-order valence-electron chi connectivity index (χ2n) is 5.83. The summed E-state index contributed by atoms with van der Waals surface area (Å²) in [5.41, 5.74) is 1.28. The van der Waals surface area contributed by atoms with E-state index in [1.807, 2.05) is 10.6 Å². The fourth-order valence-electron chi connectivity index (χ4n) is 3.43. The molecule has 6 heteroatoms. The molecule has 1 fully saturated rings. The number of ether oxygens (including phenoxy) is 1. The fraction of sp³-hybridized carbons (Fsp3) is 0.600. The molecule has 0 spiro atoms. The van der Waals surface area contributed by atoms with Crippen molar-refractivity contribution in [2.75, 3.05) is 33.4 Å². The van der Waals surface area contributed by atoms with Gasteiger partial charge in [0.25, 0.3) is 5.56 Å². The van der Waals surface area contributed by atoms with E-state index in [1.165, 1.54) is 0 Å². The van der Waals surface area contributed by atoms with Crippen LogP contribution in [0.3, 0.4) is 0 Å². The number of piperidine rings is 1. The summed E-state index contributed by atoms with van der Waals surface area (Å²) >= 11 is 5.48. The molecule has 2 atom stereocenters. The van der Waals surface area contributed by atoms with E-state index in [0.717, 1.165) is 43.4 Å². The number of hydrogen-bond donors (Lipinski definition) is 1. The van der Waals surface area contributed by atoms with E-state index in [2.05, 4.69) is 16.3 Å². The minimum atomic E-state index is 0.122. The molecule has 21 heavy (non-hydrogen) atoms. The molecule has 2 bridgehead atoms. The van der Waals surface area contributed by atoms with E-state index in [-0.39, 0.29) is 5.56 Å². The van der Waals surface area contributed by atoms with E-state index in [0.29, 0.717) is 18.4 Å². The first kappa shape index (κ1) is 14.5. The summed E-state index contributed by atoms with van der Waals surface area (Å²) in [4.78, 5) is 14.2. The quantitative estimate of drug-likeness (QED) is 0.661. The van der Waals surface area contributed by atoms with Crippen molar-refractivity contribution >= 4 is 17.3 Å². The molecule has 114 valence electrons. The maximum absolute atomic E-state index is 12.0. The topological polar surface area (TPSA) is 46.5 Å². The molecule has 5 nitrogen and oxygen atoms in total. The highest BCUT2D eigenvalue weighted by Crippen LogP contribution is 2.34. The van der Waals surface area contributed by atoms with Crippen LogP contribution in [0.4, 0.5) is 0 Å². The number of likely N-dealkylation sites (tertiary alicyclic amines) is 1. The third-order valence-electron chi connectivity index (χ3n) is 4.35. The Labute approximate surface area is 129 Å². The normalized spacial score (nSPS) is 23.6. The Morgan fingerprint density at radius 2 is 2.29 bits per heavy atom. The predicted octanol–water partition coefficient (Wildman–Crippen LogP) is 0.788. The maximum atomic E-state index is 12.0. The van der Waals surface area contributed by atoms with Gasteiger partial charge in [-0.1, -0.05) is 6.07 Å². The molecule has 0 unspecified atom stereocenters. The van der Waals surface area contributed by atoms with Gasteiger partial charge in [-0.05, 0) is 30.6 Å².